The van der Waals surface area contributed by atoms with Gasteiger partial charge in [-0.15, -0.1) is 0 Å². The molecular formula is C12H14FN3OS. The van der Waals surface area contributed by atoms with E-state index < -0.39 is 5.82 Å². The summed E-state index contributed by atoms with van der Waals surface area (Å²) in [5.41, 5.74) is 0.170. The van der Waals surface area contributed by atoms with Crippen LogP contribution in [-0.4, -0.2) is 28.1 Å². The Labute approximate surface area is 110 Å². The second kappa shape index (κ2) is 4.53. The Morgan fingerprint density at radius 3 is 2.83 bits per heavy atom. The van der Waals surface area contributed by atoms with Crippen LogP contribution in [-0.2, 0) is 0 Å². The molecule has 2 N–H and O–H groups in total. The summed E-state index contributed by atoms with van der Waals surface area (Å²) in [7, 11) is 0. The molecule has 2 amide bonds. The number of benzene rings is 1. The van der Waals surface area contributed by atoms with Crippen molar-refractivity contribution in [1.29, 1.82) is 0 Å². The van der Waals surface area contributed by atoms with Crippen LogP contribution in [0, 0.1) is 5.82 Å². The summed E-state index contributed by atoms with van der Waals surface area (Å²) in [6.45, 7) is 4.39. The quantitative estimate of drug-likeness (QED) is 0.768. The number of nitrogens with zero attached hydrogens (tertiary/aromatic N) is 1. The molecule has 1 aromatic carbocycles. The normalized spacial score (nSPS) is 17.5. The van der Waals surface area contributed by atoms with E-state index >= 15 is 0 Å². The molecule has 1 aliphatic heterocycles. The number of carbonyl (C=O) groups excluding carboxylic acids is 1. The fourth-order valence-electron chi connectivity index (χ4n) is 1.78. The van der Waals surface area contributed by atoms with Gasteiger partial charge in [0, 0.05) is 5.69 Å². The Morgan fingerprint density at radius 2 is 2.28 bits per heavy atom. The van der Waals surface area contributed by atoms with Gasteiger partial charge in [0.2, 0.25) is 0 Å². The van der Waals surface area contributed by atoms with Gasteiger partial charge in [-0.3, -0.25) is 4.90 Å². The van der Waals surface area contributed by atoms with E-state index in [1.807, 2.05) is 13.8 Å². The third-order valence-electron chi connectivity index (χ3n) is 2.56. The Kier molecular flexibility index (Phi) is 3.21. The fourth-order valence-corrected chi connectivity index (χ4v) is 2.21. The van der Waals surface area contributed by atoms with E-state index in [9.17, 15) is 9.18 Å². The summed E-state index contributed by atoms with van der Waals surface area (Å²) in [6.07, 6.45) is 0. The highest BCUT2D eigenvalue weighted by Gasteiger charge is 2.35. The lowest BCUT2D eigenvalue weighted by atomic mass is 10.1. The minimum atomic E-state index is -0.393. The predicted molar refractivity (Wildman–Crippen MR) is 71.9 cm³/mol. The minimum Gasteiger partial charge on any atom is -0.355 e. The van der Waals surface area contributed by atoms with Crippen molar-refractivity contribution >= 4 is 29.0 Å². The van der Waals surface area contributed by atoms with Crippen molar-refractivity contribution in [2.75, 3.05) is 11.9 Å². The lowest BCUT2D eigenvalue weighted by Crippen LogP contribution is -2.37. The first-order valence-corrected chi connectivity index (χ1v) is 5.94. The number of hydrogen-bond donors (Lipinski definition) is 2. The van der Waals surface area contributed by atoms with Crippen LogP contribution in [0.1, 0.15) is 13.8 Å². The van der Waals surface area contributed by atoms with Crippen LogP contribution in [0.15, 0.2) is 24.3 Å². The molecule has 96 valence electrons. The average molecular weight is 267 g/mol. The van der Waals surface area contributed by atoms with E-state index in [1.165, 1.54) is 23.1 Å². The average Bonchev–Trinajstić information content (AvgIpc) is 2.52. The maximum Gasteiger partial charge on any atom is 0.328 e. The van der Waals surface area contributed by atoms with Crippen LogP contribution in [0.25, 0.3) is 0 Å². The maximum atomic E-state index is 13.0. The van der Waals surface area contributed by atoms with Crippen molar-refractivity contribution in [2.45, 2.75) is 19.4 Å². The molecule has 6 heteroatoms. The number of hydrogen-bond acceptors (Lipinski definition) is 2. The molecule has 4 nitrogen and oxygen atoms in total. The number of amides is 2. The minimum absolute atomic E-state index is 0.240. The van der Waals surface area contributed by atoms with Crippen molar-refractivity contribution in [3.05, 3.63) is 30.1 Å². The number of rotatable bonds is 1. The first kappa shape index (κ1) is 12.8. The fraction of sp³-hybridized carbons (Fsp3) is 0.333. The number of nitrogens with one attached hydrogen (secondary N) is 2. The zero-order chi connectivity index (χ0) is 13.3. The Hall–Kier alpha value is -1.69. The van der Waals surface area contributed by atoms with E-state index in [4.69, 9.17) is 12.2 Å². The molecular weight excluding hydrogens is 253 g/mol. The first-order valence-electron chi connectivity index (χ1n) is 5.54. The van der Waals surface area contributed by atoms with Gasteiger partial charge in [0.15, 0.2) is 5.11 Å². The largest absolute Gasteiger partial charge is 0.355 e. The summed E-state index contributed by atoms with van der Waals surface area (Å²) in [4.78, 5) is 13.4. The predicted octanol–water partition coefficient (Wildman–Crippen LogP) is 2.33. The molecule has 0 atom stereocenters. The van der Waals surface area contributed by atoms with Crippen LogP contribution >= 0.6 is 12.2 Å². The summed E-state index contributed by atoms with van der Waals surface area (Å²) in [5.74, 6) is -0.393. The third kappa shape index (κ3) is 2.76. The molecule has 0 aliphatic carbocycles. The highest BCUT2D eigenvalue weighted by atomic mass is 32.1. The second-order valence-electron chi connectivity index (χ2n) is 4.84. The lowest BCUT2D eigenvalue weighted by molar-refractivity contribution is 0.233. The maximum absolute atomic E-state index is 13.0. The summed E-state index contributed by atoms with van der Waals surface area (Å²) in [6, 6.07) is 5.38. The van der Waals surface area contributed by atoms with Crippen molar-refractivity contribution in [3.8, 4) is 0 Å². The monoisotopic (exact) mass is 267 g/mol. The molecule has 0 unspecified atom stereocenters. The lowest BCUT2D eigenvalue weighted by Gasteiger charge is -2.17. The molecule has 18 heavy (non-hydrogen) atoms. The molecule has 0 radical (unpaired) electrons. The molecule has 1 aliphatic rings. The Morgan fingerprint density at radius 1 is 1.56 bits per heavy atom. The van der Waals surface area contributed by atoms with Crippen molar-refractivity contribution in [1.82, 2.24) is 10.2 Å². The number of carbonyl (C=O) groups is 1. The molecule has 1 aromatic rings. The van der Waals surface area contributed by atoms with Crippen molar-refractivity contribution in [3.63, 3.8) is 0 Å². The van der Waals surface area contributed by atoms with Gasteiger partial charge in [0.05, 0.1) is 12.1 Å². The van der Waals surface area contributed by atoms with Gasteiger partial charge in [-0.05, 0) is 44.3 Å². The second-order valence-corrected chi connectivity index (χ2v) is 5.23. The highest BCUT2D eigenvalue weighted by Crippen LogP contribution is 2.17. The van der Waals surface area contributed by atoms with Gasteiger partial charge >= 0.3 is 6.03 Å². The van der Waals surface area contributed by atoms with E-state index in [0.717, 1.165) is 0 Å². The molecule has 0 spiro atoms. The smallest absolute Gasteiger partial charge is 0.328 e. The van der Waals surface area contributed by atoms with Crippen molar-refractivity contribution in [2.24, 2.45) is 0 Å². The van der Waals surface area contributed by atoms with Crippen LogP contribution in [0.3, 0.4) is 0 Å². The topological polar surface area (TPSA) is 44.4 Å². The summed E-state index contributed by atoms with van der Waals surface area (Å²) in [5, 5.41) is 6.04. The molecule has 0 saturated carbocycles. The zero-order valence-corrected chi connectivity index (χ0v) is 11.0. The molecule has 0 bridgehead atoms. The van der Waals surface area contributed by atoms with Gasteiger partial charge in [-0.2, -0.15) is 0 Å². The Bertz CT molecular complexity index is 504. The highest BCUT2D eigenvalue weighted by molar-refractivity contribution is 7.80. The Balaban J connectivity index is 2.07. The number of urea groups is 1. The summed E-state index contributed by atoms with van der Waals surface area (Å²) < 4.78 is 13.0. The van der Waals surface area contributed by atoms with Gasteiger partial charge in [0.1, 0.15) is 5.82 Å². The first-order chi connectivity index (χ1) is 8.37. The number of thiocarbonyl (C=S) groups is 1. The third-order valence-corrected chi connectivity index (χ3v) is 2.89. The van der Waals surface area contributed by atoms with E-state index in [1.54, 1.807) is 6.07 Å². The molecule has 1 heterocycles. The van der Waals surface area contributed by atoms with Gasteiger partial charge in [-0.1, -0.05) is 6.07 Å². The standard InChI is InChI=1S/C12H14FN3OS/c1-12(2)7-16(11(18)15-12)10(17)14-9-5-3-4-8(13)6-9/h3-6H,7H2,1-2H3,(H,14,17)(H,15,18). The van der Waals surface area contributed by atoms with E-state index in [0.29, 0.717) is 17.3 Å². The molecule has 2 rings (SSSR count). The van der Waals surface area contributed by atoms with Gasteiger partial charge < -0.3 is 10.6 Å². The van der Waals surface area contributed by atoms with Crippen molar-refractivity contribution < 1.29 is 9.18 Å². The van der Waals surface area contributed by atoms with Crippen LogP contribution in [0.4, 0.5) is 14.9 Å². The zero-order valence-electron chi connectivity index (χ0n) is 10.2. The van der Waals surface area contributed by atoms with E-state index in [-0.39, 0.29) is 11.6 Å². The SMILES string of the molecule is CC1(C)CN(C(=O)Nc2cccc(F)c2)C(=S)N1. The van der Waals surface area contributed by atoms with Crippen LogP contribution in [0.2, 0.25) is 0 Å². The number of halogens is 1. The van der Waals surface area contributed by atoms with Crippen LogP contribution in [0.5, 0.6) is 0 Å². The molecule has 0 aromatic heterocycles. The van der Waals surface area contributed by atoms with Gasteiger partial charge in [0.25, 0.3) is 0 Å². The molecule has 1 saturated heterocycles. The molecule has 1 fully saturated rings. The van der Waals surface area contributed by atoms with Crippen LogP contribution < -0.4 is 10.6 Å². The van der Waals surface area contributed by atoms with E-state index in [2.05, 4.69) is 10.6 Å². The van der Waals surface area contributed by atoms with Gasteiger partial charge in [-0.25, -0.2) is 9.18 Å². The summed E-state index contributed by atoms with van der Waals surface area (Å²) >= 11 is 5.09. The number of anilines is 1.